The van der Waals surface area contributed by atoms with E-state index in [1.54, 1.807) is 32.0 Å². The molecule has 0 bridgehead atoms. The smallest absolute Gasteiger partial charge is 0.294 e. The Bertz CT molecular complexity index is 509. The van der Waals surface area contributed by atoms with Crippen molar-refractivity contribution in [3.05, 3.63) is 30.3 Å². The third kappa shape index (κ3) is 32.4. The van der Waals surface area contributed by atoms with Gasteiger partial charge in [-0.25, -0.2) is 0 Å². The number of unbranched alkanes of at least 4 members (excludes halogenated alkanes) is 10. The van der Waals surface area contributed by atoms with E-state index < -0.39 is 10.1 Å². The van der Waals surface area contributed by atoms with Crippen LogP contribution in [0, 0.1) is 0 Å². The molecule has 0 spiro atoms. The molecule has 0 unspecified atom stereocenters. The monoisotopic (exact) mass is 484 g/mol. The van der Waals surface area contributed by atoms with E-state index in [1.807, 2.05) is 0 Å². The molecule has 1 aromatic carbocycles. The Labute approximate surface area is 199 Å². The number of hydrogen-bond acceptors (Lipinski definition) is 4. The fourth-order valence-electron chi connectivity index (χ4n) is 2.37. The van der Waals surface area contributed by atoms with E-state index in [0.29, 0.717) is 6.61 Å². The van der Waals surface area contributed by atoms with Gasteiger partial charge in [0.15, 0.2) is 0 Å². The van der Waals surface area contributed by atoms with Gasteiger partial charge in [-0.2, -0.15) is 8.42 Å². The maximum absolute atomic E-state index is 10.4. The van der Waals surface area contributed by atoms with Gasteiger partial charge in [0.1, 0.15) is 0 Å². The second-order valence-corrected chi connectivity index (χ2v) is 8.56. The summed E-state index contributed by atoms with van der Waals surface area (Å²) < 4.78 is 29.2. The van der Waals surface area contributed by atoms with E-state index in [2.05, 4.69) is 6.92 Å². The van der Waals surface area contributed by atoms with Crippen molar-refractivity contribution in [1.82, 2.24) is 0 Å². The van der Waals surface area contributed by atoms with Gasteiger partial charge in [-0.3, -0.25) is 4.55 Å². The zero-order chi connectivity index (χ0) is 21.7. The molecule has 0 aliphatic heterocycles. The normalized spacial score (nSPS) is 9.97. The molecule has 0 atom stereocenters. The standard InChI is InChI=1S/C13H28O.C6H6O3S.C3H8O.H2O.Ti/c1-2-3-4-5-6-7-8-9-10-11-12-13-14;7-10(8,9)6-4-2-1-3-5-6;1-3(2)4;;/h14H,2-13H2,1H3;1-5H,(H,7,8,9);3-4H,1-2H3;1H2;. The van der Waals surface area contributed by atoms with E-state index in [1.165, 1.54) is 76.3 Å². The van der Waals surface area contributed by atoms with Crippen LogP contribution in [0.25, 0.3) is 0 Å². The first-order valence-corrected chi connectivity index (χ1v) is 12.0. The molecule has 0 aliphatic carbocycles. The summed E-state index contributed by atoms with van der Waals surface area (Å²) in [6.45, 7) is 6.08. The Balaban J connectivity index is -0.000000186. The van der Waals surface area contributed by atoms with Gasteiger partial charge in [0, 0.05) is 34.4 Å². The van der Waals surface area contributed by atoms with Crippen molar-refractivity contribution in [3.8, 4) is 0 Å². The second-order valence-electron chi connectivity index (χ2n) is 7.14. The van der Waals surface area contributed by atoms with Crippen molar-refractivity contribution in [1.29, 1.82) is 0 Å². The number of aliphatic hydroxyl groups excluding tert-OH is 2. The SMILES string of the molecule is CC(C)O.CCCCCCCCCCCCCO.O.O=S(=O)(O)c1ccccc1.[Ti]. The average Bonchev–Trinajstić information content (AvgIpc) is 2.63. The number of benzene rings is 1. The molecule has 0 aromatic heterocycles. The van der Waals surface area contributed by atoms with Crippen molar-refractivity contribution in [2.45, 2.75) is 102 Å². The summed E-state index contributed by atoms with van der Waals surface area (Å²) in [7, 11) is -4.00. The van der Waals surface area contributed by atoms with E-state index in [-0.39, 0.29) is 38.2 Å². The van der Waals surface area contributed by atoms with Crippen molar-refractivity contribution in [2.24, 2.45) is 0 Å². The van der Waals surface area contributed by atoms with Gasteiger partial charge < -0.3 is 15.7 Å². The summed E-state index contributed by atoms with van der Waals surface area (Å²) >= 11 is 0. The molecule has 5 N–H and O–H groups in total. The topological polar surface area (TPSA) is 126 Å². The predicted octanol–water partition coefficient (Wildman–Crippen LogP) is 4.78. The van der Waals surface area contributed by atoms with Crippen LogP contribution in [0.1, 0.15) is 91.4 Å². The molecule has 178 valence electrons. The van der Waals surface area contributed by atoms with Crippen LogP contribution in [0.3, 0.4) is 0 Å². The Morgan fingerprint density at radius 3 is 1.40 bits per heavy atom. The fourth-order valence-corrected chi connectivity index (χ4v) is 2.87. The number of rotatable bonds is 12. The largest absolute Gasteiger partial charge is 0.412 e. The minimum Gasteiger partial charge on any atom is -0.412 e. The molecule has 0 radical (unpaired) electrons. The average molecular weight is 485 g/mol. The van der Waals surface area contributed by atoms with E-state index >= 15 is 0 Å². The van der Waals surface area contributed by atoms with Crippen molar-refractivity contribution < 1.29 is 50.4 Å². The molecule has 6 nitrogen and oxygen atoms in total. The van der Waals surface area contributed by atoms with Gasteiger partial charge in [-0.05, 0) is 32.4 Å². The third-order valence-corrected chi connectivity index (χ3v) is 4.67. The first-order chi connectivity index (χ1) is 13.3. The van der Waals surface area contributed by atoms with Crippen LogP contribution in [-0.4, -0.2) is 41.4 Å². The molecule has 8 heteroatoms. The Morgan fingerprint density at radius 2 is 1.13 bits per heavy atom. The Hall–Kier alpha value is -0.276. The summed E-state index contributed by atoms with van der Waals surface area (Å²) in [4.78, 5) is -0.0741. The van der Waals surface area contributed by atoms with Crippen molar-refractivity contribution >= 4 is 10.1 Å². The molecule has 0 amide bonds. The summed E-state index contributed by atoms with van der Waals surface area (Å²) in [6, 6.07) is 7.42. The van der Waals surface area contributed by atoms with Gasteiger partial charge in [-0.15, -0.1) is 0 Å². The summed E-state index contributed by atoms with van der Waals surface area (Å²) in [5.74, 6) is 0. The molecule has 0 heterocycles. The van der Waals surface area contributed by atoms with Gasteiger partial charge in [0.05, 0.1) is 4.90 Å². The second kappa shape index (κ2) is 26.8. The van der Waals surface area contributed by atoms with Crippen LogP contribution >= 0.6 is 0 Å². The van der Waals surface area contributed by atoms with Crippen LogP contribution in [-0.2, 0) is 31.8 Å². The molecule has 0 fully saturated rings. The van der Waals surface area contributed by atoms with Crippen molar-refractivity contribution in [2.75, 3.05) is 6.61 Å². The minimum absolute atomic E-state index is 0. The quantitative estimate of drug-likeness (QED) is 0.224. The summed E-state index contributed by atoms with van der Waals surface area (Å²) in [5.41, 5.74) is 0. The van der Waals surface area contributed by atoms with Gasteiger partial charge >= 0.3 is 0 Å². The molecule has 1 aromatic rings. The molecule has 0 saturated carbocycles. The zero-order valence-electron chi connectivity index (χ0n) is 19.0. The van der Waals surface area contributed by atoms with Crippen LogP contribution in [0.4, 0.5) is 0 Å². The molecule has 0 saturated heterocycles. The van der Waals surface area contributed by atoms with Crippen LogP contribution in [0.15, 0.2) is 35.2 Å². The molecule has 0 aliphatic rings. The zero-order valence-corrected chi connectivity index (χ0v) is 21.4. The molecular formula is C22H44O6STi. The molecule has 1 rings (SSSR count). The first kappa shape index (κ1) is 37.1. The first-order valence-electron chi connectivity index (χ1n) is 10.6. The Kier molecular flexibility index (Phi) is 33.1. The van der Waals surface area contributed by atoms with Crippen LogP contribution in [0.2, 0.25) is 0 Å². The third-order valence-electron chi connectivity index (χ3n) is 3.80. The molecular weight excluding hydrogens is 440 g/mol. The van der Waals surface area contributed by atoms with Gasteiger partial charge in [0.25, 0.3) is 10.1 Å². The van der Waals surface area contributed by atoms with Crippen LogP contribution in [0.5, 0.6) is 0 Å². The molecule has 30 heavy (non-hydrogen) atoms. The van der Waals surface area contributed by atoms with E-state index in [0.717, 1.165) is 6.42 Å². The minimum atomic E-state index is -4.00. The number of hydrogen-bond donors (Lipinski definition) is 3. The van der Waals surface area contributed by atoms with E-state index in [4.69, 9.17) is 14.8 Å². The van der Waals surface area contributed by atoms with Crippen molar-refractivity contribution in [3.63, 3.8) is 0 Å². The number of aliphatic hydroxyl groups is 2. The Morgan fingerprint density at radius 1 is 0.800 bits per heavy atom. The van der Waals surface area contributed by atoms with Gasteiger partial charge in [0.2, 0.25) is 0 Å². The van der Waals surface area contributed by atoms with Crippen LogP contribution < -0.4 is 0 Å². The van der Waals surface area contributed by atoms with Gasteiger partial charge in [-0.1, -0.05) is 89.3 Å². The maximum Gasteiger partial charge on any atom is 0.294 e. The predicted molar refractivity (Wildman–Crippen MR) is 121 cm³/mol. The maximum atomic E-state index is 10.4. The van der Waals surface area contributed by atoms with E-state index in [9.17, 15) is 8.42 Å². The fraction of sp³-hybridized carbons (Fsp3) is 0.727. The summed E-state index contributed by atoms with van der Waals surface area (Å²) in [6.07, 6.45) is 14.6. The summed E-state index contributed by atoms with van der Waals surface area (Å²) in [5, 5.41) is 16.6.